The highest BCUT2D eigenvalue weighted by molar-refractivity contribution is 8.00. The summed E-state index contributed by atoms with van der Waals surface area (Å²) in [6.07, 6.45) is 4.25. The molecule has 3 nitrogen and oxygen atoms in total. The Morgan fingerprint density at radius 1 is 1.19 bits per heavy atom. The topological polar surface area (TPSA) is 42.2 Å². The van der Waals surface area contributed by atoms with Crippen LogP contribution in [-0.2, 0) is 0 Å². The van der Waals surface area contributed by atoms with Crippen LogP contribution in [0.3, 0.4) is 0 Å². The quantitative estimate of drug-likeness (QED) is 0.818. The van der Waals surface area contributed by atoms with Crippen molar-refractivity contribution in [1.29, 1.82) is 5.26 Å². The second-order valence-corrected chi connectivity index (χ2v) is 7.28. The van der Waals surface area contributed by atoms with Gasteiger partial charge in [-0.1, -0.05) is 6.92 Å². The zero-order valence-electron chi connectivity index (χ0n) is 12.4. The van der Waals surface area contributed by atoms with Gasteiger partial charge in [-0.15, -0.1) is 11.8 Å². The zero-order valence-corrected chi connectivity index (χ0v) is 13.2. The van der Waals surface area contributed by atoms with Crippen molar-refractivity contribution >= 4 is 11.8 Å². The second kappa shape index (κ2) is 6.62. The van der Waals surface area contributed by atoms with Gasteiger partial charge < -0.3 is 9.47 Å². The third-order valence-electron chi connectivity index (χ3n) is 4.23. The van der Waals surface area contributed by atoms with Crippen LogP contribution >= 0.6 is 11.8 Å². The highest BCUT2D eigenvalue weighted by Gasteiger charge is 2.29. The molecular weight excluding hydrogens is 282 g/mol. The summed E-state index contributed by atoms with van der Waals surface area (Å²) in [5.41, 5.74) is 0. The molecule has 1 aromatic carbocycles. The van der Waals surface area contributed by atoms with Crippen molar-refractivity contribution in [2.45, 2.75) is 42.8 Å². The van der Waals surface area contributed by atoms with Gasteiger partial charge >= 0.3 is 0 Å². The van der Waals surface area contributed by atoms with E-state index in [4.69, 9.17) is 9.47 Å². The van der Waals surface area contributed by atoms with E-state index in [1.165, 1.54) is 11.3 Å². The van der Waals surface area contributed by atoms with Crippen molar-refractivity contribution in [1.82, 2.24) is 0 Å². The molecule has 1 fully saturated rings. The molecule has 1 saturated carbocycles. The van der Waals surface area contributed by atoms with Crippen molar-refractivity contribution in [2.24, 2.45) is 11.8 Å². The smallest absolute Gasteiger partial charge is 0.162 e. The molecule has 3 rings (SSSR count). The number of ether oxygens (including phenoxy) is 2. The summed E-state index contributed by atoms with van der Waals surface area (Å²) in [4.78, 5) is 1.18. The van der Waals surface area contributed by atoms with E-state index in [1.54, 1.807) is 0 Å². The summed E-state index contributed by atoms with van der Waals surface area (Å²) >= 11 is 1.82. The summed E-state index contributed by atoms with van der Waals surface area (Å²) in [6.45, 7) is 3.72. The molecule has 1 aromatic rings. The Kier molecular flexibility index (Phi) is 4.60. The highest BCUT2D eigenvalue weighted by Crippen LogP contribution is 2.42. The third kappa shape index (κ3) is 3.47. The van der Waals surface area contributed by atoms with Crippen LogP contribution in [0.1, 0.15) is 32.6 Å². The van der Waals surface area contributed by atoms with Gasteiger partial charge in [0.05, 0.1) is 25.2 Å². The fourth-order valence-corrected chi connectivity index (χ4v) is 4.46. The minimum Gasteiger partial charge on any atom is -0.490 e. The zero-order chi connectivity index (χ0) is 14.7. The summed E-state index contributed by atoms with van der Waals surface area (Å²) in [5.74, 6) is 2.57. The van der Waals surface area contributed by atoms with Crippen LogP contribution in [-0.4, -0.2) is 18.5 Å². The maximum atomic E-state index is 9.35. The predicted molar refractivity (Wildman–Crippen MR) is 83.8 cm³/mol. The summed E-state index contributed by atoms with van der Waals surface area (Å²) in [6, 6.07) is 8.64. The van der Waals surface area contributed by atoms with Crippen LogP contribution < -0.4 is 9.47 Å². The Morgan fingerprint density at radius 2 is 2.00 bits per heavy atom. The number of benzene rings is 1. The SMILES string of the molecule is CC1CCC(C#N)C(Sc2ccc3c(c2)OCCCO3)C1. The molecule has 21 heavy (non-hydrogen) atoms. The molecule has 1 heterocycles. The Morgan fingerprint density at radius 3 is 2.81 bits per heavy atom. The number of rotatable bonds is 2. The van der Waals surface area contributed by atoms with Crippen molar-refractivity contribution in [3.05, 3.63) is 18.2 Å². The Hall–Kier alpha value is -1.34. The minimum atomic E-state index is 0.169. The Bertz CT molecular complexity index is 540. The van der Waals surface area contributed by atoms with Crippen LogP contribution in [0, 0.1) is 23.2 Å². The van der Waals surface area contributed by atoms with Gasteiger partial charge in [0.15, 0.2) is 11.5 Å². The van der Waals surface area contributed by atoms with E-state index in [0.29, 0.717) is 17.8 Å². The first-order chi connectivity index (χ1) is 10.3. The van der Waals surface area contributed by atoms with Crippen LogP contribution in [0.5, 0.6) is 11.5 Å². The number of nitriles is 1. The van der Waals surface area contributed by atoms with E-state index in [2.05, 4.69) is 25.1 Å². The lowest BCUT2D eigenvalue weighted by Crippen LogP contribution is -2.24. The molecule has 0 amide bonds. The van der Waals surface area contributed by atoms with E-state index < -0.39 is 0 Å². The molecule has 2 aliphatic rings. The summed E-state index contributed by atoms with van der Waals surface area (Å²) in [7, 11) is 0. The summed E-state index contributed by atoms with van der Waals surface area (Å²) in [5, 5.41) is 9.74. The normalized spacial score (nSPS) is 28.5. The van der Waals surface area contributed by atoms with E-state index in [0.717, 1.165) is 37.4 Å². The predicted octanol–water partition coefficient (Wildman–Crippen LogP) is 4.27. The van der Waals surface area contributed by atoms with Crippen molar-refractivity contribution in [2.75, 3.05) is 13.2 Å². The average Bonchev–Trinajstić information content (AvgIpc) is 2.72. The number of thioether (sulfide) groups is 1. The van der Waals surface area contributed by atoms with Crippen molar-refractivity contribution < 1.29 is 9.47 Å². The van der Waals surface area contributed by atoms with Gasteiger partial charge in [0, 0.05) is 16.6 Å². The minimum absolute atomic E-state index is 0.169. The van der Waals surface area contributed by atoms with Gasteiger partial charge in [-0.3, -0.25) is 0 Å². The number of hydrogen-bond acceptors (Lipinski definition) is 4. The molecule has 0 bridgehead atoms. The fourth-order valence-electron chi connectivity index (χ4n) is 3.00. The standard InChI is InChI=1S/C17H21NO2S/c1-12-3-4-13(11-18)17(9-12)21-14-5-6-15-16(10-14)20-8-2-7-19-15/h5-6,10,12-13,17H,2-4,7-9H2,1H3. The van der Waals surface area contributed by atoms with Gasteiger partial charge in [-0.25, -0.2) is 0 Å². The first-order valence-corrected chi connectivity index (χ1v) is 8.60. The molecule has 112 valence electrons. The largest absolute Gasteiger partial charge is 0.490 e. The average molecular weight is 303 g/mol. The second-order valence-electron chi connectivity index (χ2n) is 5.97. The first kappa shape index (κ1) is 14.6. The Labute approximate surface area is 130 Å². The van der Waals surface area contributed by atoms with Crippen LogP contribution in [0.4, 0.5) is 0 Å². The molecule has 1 aliphatic carbocycles. The van der Waals surface area contributed by atoms with E-state index in [9.17, 15) is 5.26 Å². The molecule has 3 unspecified atom stereocenters. The van der Waals surface area contributed by atoms with Crippen molar-refractivity contribution in [3.8, 4) is 17.6 Å². The molecule has 0 N–H and O–H groups in total. The molecule has 4 heteroatoms. The van der Waals surface area contributed by atoms with E-state index >= 15 is 0 Å². The molecule has 3 atom stereocenters. The lowest BCUT2D eigenvalue weighted by atomic mass is 9.83. The molecule has 0 saturated heterocycles. The third-order valence-corrected chi connectivity index (χ3v) is 5.58. The monoisotopic (exact) mass is 303 g/mol. The number of fused-ring (bicyclic) bond motifs is 1. The lowest BCUT2D eigenvalue weighted by Gasteiger charge is -2.30. The molecule has 0 spiro atoms. The van der Waals surface area contributed by atoms with Gasteiger partial charge in [-0.2, -0.15) is 5.26 Å². The number of nitrogens with zero attached hydrogens (tertiary/aromatic N) is 1. The fraction of sp³-hybridized carbons (Fsp3) is 0.588. The Balaban J connectivity index is 1.75. The van der Waals surface area contributed by atoms with E-state index in [-0.39, 0.29) is 5.92 Å². The van der Waals surface area contributed by atoms with E-state index in [1.807, 2.05) is 17.8 Å². The maximum absolute atomic E-state index is 9.35. The van der Waals surface area contributed by atoms with Crippen LogP contribution in [0.2, 0.25) is 0 Å². The van der Waals surface area contributed by atoms with Gasteiger partial charge in [0.1, 0.15) is 0 Å². The van der Waals surface area contributed by atoms with Crippen LogP contribution in [0.15, 0.2) is 23.1 Å². The molecular formula is C17H21NO2S. The van der Waals surface area contributed by atoms with Gasteiger partial charge in [0.25, 0.3) is 0 Å². The first-order valence-electron chi connectivity index (χ1n) is 7.72. The maximum Gasteiger partial charge on any atom is 0.162 e. The highest BCUT2D eigenvalue weighted by atomic mass is 32.2. The molecule has 0 radical (unpaired) electrons. The van der Waals surface area contributed by atoms with Crippen LogP contribution in [0.25, 0.3) is 0 Å². The molecule has 0 aromatic heterocycles. The van der Waals surface area contributed by atoms with Gasteiger partial charge in [0.2, 0.25) is 0 Å². The van der Waals surface area contributed by atoms with Gasteiger partial charge in [-0.05, 0) is 43.4 Å². The van der Waals surface area contributed by atoms with Crippen molar-refractivity contribution in [3.63, 3.8) is 0 Å². The lowest BCUT2D eigenvalue weighted by molar-refractivity contribution is 0.297. The summed E-state index contributed by atoms with van der Waals surface area (Å²) < 4.78 is 11.4. The number of hydrogen-bond donors (Lipinski definition) is 0. The molecule has 1 aliphatic heterocycles.